The van der Waals surface area contributed by atoms with Crippen molar-refractivity contribution < 1.29 is 0 Å². The summed E-state index contributed by atoms with van der Waals surface area (Å²) in [7, 11) is 2.00. The molecule has 14 heavy (non-hydrogen) atoms. The minimum atomic E-state index is 0.376. The highest BCUT2D eigenvalue weighted by Crippen LogP contribution is 2.24. The summed E-state index contributed by atoms with van der Waals surface area (Å²) in [6.07, 6.45) is 3.04. The summed E-state index contributed by atoms with van der Waals surface area (Å²) in [4.78, 5) is 4.46. The molecule has 0 saturated carbocycles. The van der Waals surface area contributed by atoms with Crippen molar-refractivity contribution in [3.63, 3.8) is 0 Å². The SMILES string of the molecule is CCC(C)C(NC)c1ncccc1C. The molecule has 0 spiro atoms. The molecular weight excluding hydrogens is 172 g/mol. The van der Waals surface area contributed by atoms with Crippen LogP contribution in [0.5, 0.6) is 0 Å². The number of nitrogens with one attached hydrogen (secondary N) is 1. The Morgan fingerprint density at radius 2 is 2.21 bits per heavy atom. The first-order valence-corrected chi connectivity index (χ1v) is 5.29. The van der Waals surface area contributed by atoms with Crippen molar-refractivity contribution in [3.8, 4) is 0 Å². The van der Waals surface area contributed by atoms with Crippen molar-refractivity contribution >= 4 is 0 Å². The summed E-state index contributed by atoms with van der Waals surface area (Å²) >= 11 is 0. The lowest BCUT2D eigenvalue weighted by atomic mass is 9.94. The minimum absolute atomic E-state index is 0.376. The van der Waals surface area contributed by atoms with E-state index >= 15 is 0 Å². The topological polar surface area (TPSA) is 24.9 Å². The molecule has 2 heteroatoms. The van der Waals surface area contributed by atoms with E-state index < -0.39 is 0 Å². The molecule has 0 aromatic carbocycles. The van der Waals surface area contributed by atoms with Crippen LogP contribution in [0.4, 0.5) is 0 Å². The fourth-order valence-corrected chi connectivity index (χ4v) is 1.75. The maximum absolute atomic E-state index is 4.46. The zero-order valence-electron chi connectivity index (χ0n) is 9.54. The average molecular weight is 192 g/mol. The van der Waals surface area contributed by atoms with Gasteiger partial charge in [-0.15, -0.1) is 0 Å². The van der Waals surface area contributed by atoms with Gasteiger partial charge >= 0.3 is 0 Å². The molecule has 0 fully saturated rings. The average Bonchev–Trinajstić information content (AvgIpc) is 2.21. The molecular formula is C12H20N2. The number of hydrogen-bond donors (Lipinski definition) is 1. The van der Waals surface area contributed by atoms with Crippen molar-refractivity contribution in [1.29, 1.82) is 0 Å². The lowest BCUT2D eigenvalue weighted by Gasteiger charge is -2.23. The standard InChI is InChI=1S/C12H20N2/c1-5-9(2)11(13-4)12-10(3)7-6-8-14-12/h6-9,11,13H,5H2,1-4H3. The van der Waals surface area contributed by atoms with E-state index in [0.717, 1.165) is 0 Å². The van der Waals surface area contributed by atoms with E-state index in [1.54, 1.807) is 0 Å². The van der Waals surface area contributed by atoms with Crippen molar-refractivity contribution in [3.05, 3.63) is 29.6 Å². The monoisotopic (exact) mass is 192 g/mol. The predicted molar refractivity (Wildman–Crippen MR) is 60.2 cm³/mol. The molecule has 0 aliphatic carbocycles. The zero-order valence-corrected chi connectivity index (χ0v) is 9.54. The Kier molecular flexibility index (Phi) is 4.08. The van der Waals surface area contributed by atoms with Gasteiger partial charge in [-0.05, 0) is 31.5 Å². The molecule has 0 radical (unpaired) electrons. The maximum atomic E-state index is 4.46. The molecule has 2 unspecified atom stereocenters. The quantitative estimate of drug-likeness (QED) is 0.793. The normalized spacial score (nSPS) is 15.1. The van der Waals surface area contributed by atoms with Gasteiger partial charge in [-0.25, -0.2) is 0 Å². The Morgan fingerprint density at radius 1 is 1.50 bits per heavy atom. The fraction of sp³-hybridized carbons (Fsp3) is 0.583. The van der Waals surface area contributed by atoms with Gasteiger partial charge in [0.1, 0.15) is 0 Å². The molecule has 0 aliphatic heterocycles. The summed E-state index contributed by atoms with van der Waals surface area (Å²) in [5.41, 5.74) is 2.46. The smallest absolute Gasteiger partial charge is 0.0604 e. The zero-order chi connectivity index (χ0) is 10.6. The van der Waals surface area contributed by atoms with E-state index in [1.165, 1.54) is 17.7 Å². The first-order valence-electron chi connectivity index (χ1n) is 5.29. The van der Waals surface area contributed by atoms with Gasteiger partial charge in [0, 0.05) is 6.20 Å². The summed E-state index contributed by atoms with van der Waals surface area (Å²) < 4.78 is 0. The van der Waals surface area contributed by atoms with Gasteiger partial charge in [-0.1, -0.05) is 26.3 Å². The highest BCUT2D eigenvalue weighted by Gasteiger charge is 2.18. The Labute approximate surface area is 86.8 Å². The molecule has 1 aromatic heterocycles. The largest absolute Gasteiger partial charge is 0.311 e. The molecule has 2 nitrogen and oxygen atoms in total. The minimum Gasteiger partial charge on any atom is -0.311 e. The first-order chi connectivity index (χ1) is 6.70. The molecule has 0 amide bonds. The van der Waals surface area contributed by atoms with Crippen molar-refractivity contribution in [1.82, 2.24) is 10.3 Å². The van der Waals surface area contributed by atoms with E-state index in [9.17, 15) is 0 Å². The summed E-state index contributed by atoms with van der Waals surface area (Å²) in [5, 5.41) is 3.35. The van der Waals surface area contributed by atoms with Gasteiger partial charge in [-0.2, -0.15) is 0 Å². The Balaban J connectivity index is 2.94. The van der Waals surface area contributed by atoms with Crippen LogP contribution in [0.3, 0.4) is 0 Å². The fourth-order valence-electron chi connectivity index (χ4n) is 1.75. The van der Waals surface area contributed by atoms with Gasteiger partial charge in [0.2, 0.25) is 0 Å². The Bertz CT molecular complexity index is 283. The third-order valence-electron chi connectivity index (χ3n) is 2.87. The van der Waals surface area contributed by atoms with Crippen LogP contribution in [0.15, 0.2) is 18.3 Å². The predicted octanol–water partition coefficient (Wildman–Crippen LogP) is 2.70. The van der Waals surface area contributed by atoms with E-state index in [-0.39, 0.29) is 0 Å². The number of hydrogen-bond acceptors (Lipinski definition) is 2. The molecule has 1 heterocycles. The number of nitrogens with zero attached hydrogens (tertiary/aromatic N) is 1. The number of rotatable bonds is 4. The van der Waals surface area contributed by atoms with E-state index in [4.69, 9.17) is 0 Å². The molecule has 1 rings (SSSR count). The summed E-state index contributed by atoms with van der Waals surface area (Å²) in [5.74, 6) is 0.619. The van der Waals surface area contributed by atoms with Gasteiger partial charge in [0.15, 0.2) is 0 Å². The maximum Gasteiger partial charge on any atom is 0.0604 e. The molecule has 0 saturated heterocycles. The first kappa shape index (κ1) is 11.2. The van der Waals surface area contributed by atoms with E-state index in [1.807, 2.05) is 19.3 Å². The molecule has 78 valence electrons. The molecule has 2 atom stereocenters. The Hall–Kier alpha value is -0.890. The van der Waals surface area contributed by atoms with Crippen LogP contribution in [-0.4, -0.2) is 12.0 Å². The third-order valence-corrected chi connectivity index (χ3v) is 2.87. The van der Waals surface area contributed by atoms with E-state index in [0.29, 0.717) is 12.0 Å². The van der Waals surface area contributed by atoms with Crippen molar-refractivity contribution in [2.75, 3.05) is 7.05 Å². The highest BCUT2D eigenvalue weighted by molar-refractivity contribution is 5.21. The second-order valence-electron chi connectivity index (χ2n) is 3.86. The summed E-state index contributed by atoms with van der Waals surface area (Å²) in [6, 6.07) is 4.48. The second kappa shape index (κ2) is 5.11. The van der Waals surface area contributed by atoms with Crippen LogP contribution >= 0.6 is 0 Å². The summed E-state index contributed by atoms with van der Waals surface area (Å²) in [6.45, 7) is 6.59. The van der Waals surface area contributed by atoms with Crippen LogP contribution in [-0.2, 0) is 0 Å². The van der Waals surface area contributed by atoms with Crippen LogP contribution in [0.25, 0.3) is 0 Å². The molecule has 1 N–H and O–H groups in total. The third kappa shape index (κ3) is 2.32. The second-order valence-corrected chi connectivity index (χ2v) is 3.86. The van der Waals surface area contributed by atoms with Crippen LogP contribution in [0.2, 0.25) is 0 Å². The Morgan fingerprint density at radius 3 is 2.71 bits per heavy atom. The number of aryl methyl sites for hydroxylation is 1. The van der Waals surface area contributed by atoms with Gasteiger partial charge in [0.05, 0.1) is 11.7 Å². The number of pyridine rings is 1. The lowest BCUT2D eigenvalue weighted by molar-refractivity contribution is 0.391. The van der Waals surface area contributed by atoms with Crippen LogP contribution < -0.4 is 5.32 Å². The molecule has 0 bridgehead atoms. The van der Waals surface area contributed by atoms with Crippen molar-refractivity contribution in [2.24, 2.45) is 5.92 Å². The van der Waals surface area contributed by atoms with Gasteiger partial charge < -0.3 is 5.32 Å². The molecule has 0 aliphatic rings. The van der Waals surface area contributed by atoms with E-state index in [2.05, 4.69) is 37.1 Å². The highest BCUT2D eigenvalue weighted by atomic mass is 14.9. The number of aromatic nitrogens is 1. The van der Waals surface area contributed by atoms with Crippen LogP contribution in [0.1, 0.15) is 37.6 Å². The molecule has 1 aromatic rings. The van der Waals surface area contributed by atoms with Crippen molar-refractivity contribution in [2.45, 2.75) is 33.2 Å². The van der Waals surface area contributed by atoms with Gasteiger partial charge in [-0.3, -0.25) is 4.98 Å². The lowest BCUT2D eigenvalue weighted by Crippen LogP contribution is -2.24. The van der Waals surface area contributed by atoms with Gasteiger partial charge in [0.25, 0.3) is 0 Å². The van der Waals surface area contributed by atoms with Crippen LogP contribution in [0, 0.1) is 12.8 Å².